The molecule has 374 valence electrons. The van der Waals surface area contributed by atoms with Crippen LogP contribution in [0.25, 0.3) is 0 Å². The molecule has 0 rings (SSSR count). The number of ether oxygens (including phenoxy) is 3. The molecule has 0 spiro atoms. The Labute approximate surface area is 397 Å². The zero-order chi connectivity index (χ0) is 46.5. The maximum atomic E-state index is 12.8. The fourth-order valence-electron chi connectivity index (χ4n) is 8.07. The van der Waals surface area contributed by atoms with E-state index in [0.29, 0.717) is 19.3 Å². The molecule has 64 heavy (non-hydrogen) atoms. The number of hydrogen-bond donors (Lipinski definition) is 0. The summed E-state index contributed by atoms with van der Waals surface area (Å²) in [5.74, 6) is -0.892. The lowest BCUT2D eigenvalue weighted by Gasteiger charge is -2.18. The first-order chi connectivity index (χ1) is 31.5. The molecule has 0 saturated heterocycles. The van der Waals surface area contributed by atoms with Crippen LogP contribution in [-0.2, 0) is 28.6 Å². The molecule has 0 N–H and O–H groups in total. The number of carbonyl (C=O) groups excluding carboxylic acids is 3. The number of rotatable bonds is 51. The van der Waals surface area contributed by atoms with E-state index in [9.17, 15) is 14.4 Å². The molecule has 1 atom stereocenters. The lowest BCUT2D eigenvalue weighted by molar-refractivity contribution is -0.167. The van der Waals surface area contributed by atoms with Crippen LogP contribution in [0.1, 0.15) is 297 Å². The highest BCUT2D eigenvalue weighted by Crippen LogP contribution is 2.15. The van der Waals surface area contributed by atoms with Gasteiger partial charge in [0.25, 0.3) is 0 Å². The smallest absolute Gasteiger partial charge is 0.306 e. The van der Waals surface area contributed by atoms with Crippen LogP contribution >= 0.6 is 0 Å². The van der Waals surface area contributed by atoms with Crippen molar-refractivity contribution in [2.75, 3.05) is 13.2 Å². The molecule has 0 amide bonds. The van der Waals surface area contributed by atoms with Gasteiger partial charge >= 0.3 is 17.9 Å². The summed E-state index contributed by atoms with van der Waals surface area (Å²) in [4.78, 5) is 38.1. The first-order valence-corrected chi connectivity index (χ1v) is 28.0. The van der Waals surface area contributed by atoms with Crippen LogP contribution in [0.3, 0.4) is 0 Å². The van der Waals surface area contributed by atoms with Gasteiger partial charge < -0.3 is 14.2 Å². The Bertz CT molecular complexity index is 1080. The molecule has 0 heterocycles. The summed E-state index contributed by atoms with van der Waals surface area (Å²) in [5.41, 5.74) is 0. The number of carbonyl (C=O) groups is 3. The standard InChI is InChI=1S/C58H106O6/c1-4-7-10-13-16-19-22-25-28-31-33-36-39-42-45-48-51-57(60)63-54-55(64-58(61)52-49-46-43-40-37-34-30-27-24-21-18-15-12-9-6-3)53-62-56(59)50-47-44-41-38-35-32-29-26-23-20-17-14-11-8-5-2/h26-31,55H,4-25,32-54H2,1-3H3/b29-26-,30-27-,31-28-. The van der Waals surface area contributed by atoms with Gasteiger partial charge in [0.2, 0.25) is 0 Å². The molecule has 0 aromatic heterocycles. The number of esters is 3. The summed E-state index contributed by atoms with van der Waals surface area (Å²) in [7, 11) is 0. The van der Waals surface area contributed by atoms with Gasteiger partial charge in [-0.05, 0) is 96.3 Å². The third kappa shape index (κ3) is 50.6. The summed E-state index contributed by atoms with van der Waals surface area (Å²) in [5, 5.41) is 0. The minimum absolute atomic E-state index is 0.0805. The Morgan fingerprint density at radius 3 is 0.781 bits per heavy atom. The second-order valence-corrected chi connectivity index (χ2v) is 18.8. The average Bonchev–Trinajstić information content (AvgIpc) is 3.29. The lowest BCUT2D eigenvalue weighted by atomic mass is 10.1. The van der Waals surface area contributed by atoms with Gasteiger partial charge in [0.15, 0.2) is 6.10 Å². The maximum Gasteiger partial charge on any atom is 0.306 e. The molecule has 6 heteroatoms. The van der Waals surface area contributed by atoms with Gasteiger partial charge in [-0.2, -0.15) is 0 Å². The highest BCUT2D eigenvalue weighted by molar-refractivity contribution is 5.71. The van der Waals surface area contributed by atoms with Crippen molar-refractivity contribution in [2.45, 2.75) is 303 Å². The third-order valence-electron chi connectivity index (χ3n) is 12.3. The van der Waals surface area contributed by atoms with Crippen LogP contribution in [0, 0.1) is 0 Å². The maximum absolute atomic E-state index is 12.8. The van der Waals surface area contributed by atoms with Crippen molar-refractivity contribution >= 4 is 17.9 Å². The summed E-state index contributed by atoms with van der Waals surface area (Å²) in [6, 6.07) is 0. The SMILES string of the molecule is CCCCCCCC/C=C\CCCCCCCC(=O)OCC(COC(=O)CCCCCCC/C=C\CCCCCCCCC)OC(=O)CCCCCCC/C=C\CCCCCCCC. The molecule has 0 aromatic rings. The van der Waals surface area contributed by atoms with E-state index in [4.69, 9.17) is 14.2 Å². The number of unbranched alkanes of at least 4 members (excludes halogenated alkanes) is 34. The zero-order valence-electron chi connectivity index (χ0n) is 42.8. The van der Waals surface area contributed by atoms with E-state index in [2.05, 4.69) is 57.2 Å². The Morgan fingerprint density at radius 2 is 0.516 bits per heavy atom. The Balaban J connectivity index is 4.39. The second-order valence-electron chi connectivity index (χ2n) is 18.8. The van der Waals surface area contributed by atoms with Gasteiger partial charge in [-0.1, -0.05) is 218 Å². The molecule has 0 aliphatic carbocycles. The third-order valence-corrected chi connectivity index (χ3v) is 12.3. The molecule has 6 nitrogen and oxygen atoms in total. The van der Waals surface area contributed by atoms with Gasteiger partial charge in [0.05, 0.1) is 0 Å². The van der Waals surface area contributed by atoms with E-state index in [1.54, 1.807) is 0 Å². The molecule has 1 unspecified atom stereocenters. The van der Waals surface area contributed by atoms with E-state index in [-0.39, 0.29) is 31.1 Å². The van der Waals surface area contributed by atoms with E-state index in [1.165, 1.54) is 180 Å². The van der Waals surface area contributed by atoms with E-state index in [0.717, 1.165) is 77.0 Å². The van der Waals surface area contributed by atoms with Crippen molar-refractivity contribution in [3.63, 3.8) is 0 Å². The van der Waals surface area contributed by atoms with Crippen molar-refractivity contribution in [1.29, 1.82) is 0 Å². The van der Waals surface area contributed by atoms with Crippen LogP contribution < -0.4 is 0 Å². The Morgan fingerprint density at radius 1 is 0.297 bits per heavy atom. The normalized spacial score (nSPS) is 12.2. The van der Waals surface area contributed by atoms with E-state index >= 15 is 0 Å². The van der Waals surface area contributed by atoms with Crippen molar-refractivity contribution in [3.05, 3.63) is 36.5 Å². The summed E-state index contributed by atoms with van der Waals surface area (Å²) in [6.45, 7) is 6.63. The Hall–Kier alpha value is -2.37. The minimum Gasteiger partial charge on any atom is -0.462 e. The van der Waals surface area contributed by atoms with Gasteiger partial charge in [-0.15, -0.1) is 0 Å². The second kappa shape index (κ2) is 53.2. The predicted octanol–water partition coefficient (Wildman–Crippen LogP) is 18.5. The van der Waals surface area contributed by atoms with Crippen molar-refractivity contribution in [1.82, 2.24) is 0 Å². The van der Waals surface area contributed by atoms with Gasteiger partial charge in [0.1, 0.15) is 13.2 Å². The lowest BCUT2D eigenvalue weighted by Crippen LogP contribution is -2.30. The molecular weight excluding hydrogens is 793 g/mol. The minimum atomic E-state index is -0.781. The van der Waals surface area contributed by atoms with E-state index < -0.39 is 6.10 Å². The predicted molar refractivity (Wildman–Crippen MR) is 275 cm³/mol. The monoisotopic (exact) mass is 899 g/mol. The topological polar surface area (TPSA) is 78.9 Å². The largest absolute Gasteiger partial charge is 0.462 e. The van der Waals surface area contributed by atoms with Crippen LogP contribution in [0.2, 0.25) is 0 Å². The van der Waals surface area contributed by atoms with Crippen molar-refractivity contribution in [2.24, 2.45) is 0 Å². The number of allylic oxidation sites excluding steroid dienone is 6. The average molecular weight is 899 g/mol. The van der Waals surface area contributed by atoms with Crippen molar-refractivity contribution in [3.8, 4) is 0 Å². The molecule has 0 aliphatic heterocycles. The fraction of sp³-hybridized carbons (Fsp3) is 0.845. The van der Waals surface area contributed by atoms with Gasteiger partial charge in [-0.3, -0.25) is 14.4 Å². The highest BCUT2D eigenvalue weighted by atomic mass is 16.6. The molecule has 0 aromatic carbocycles. The van der Waals surface area contributed by atoms with Crippen LogP contribution in [0.15, 0.2) is 36.5 Å². The molecule has 0 radical (unpaired) electrons. The summed E-state index contributed by atoms with van der Waals surface area (Å²) >= 11 is 0. The van der Waals surface area contributed by atoms with Gasteiger partial charge in [0, 0.05) is 19.3 Å². The van der Waals surface area contributed by atoms with Gasteiger partial charge in [-0.25, -0.2) is 0 Å². The first-order valence-electron chi connectivity index (χ1n) is 28.0. The van der Waals surface area contributed by atoms with Crippen molar-refractivity contribution < 1.29 is 28.6 Å². The fourth-order valence-corrected chi connectivity index (χ4v) is 8.07. The molecule has 0 fully saturated rings. The number of hydrogen-bond acceptors (Lipinski definition) is 6. The van der Waals surface area contributed by atoms with Crippen LogP contribution in [0.5, 0.6) is 0 Å². The molecule has 0 aliphatic rings. The van der Waals surface area contributed by atoms with Crippen LogP contribution in [0.4, 0.5) is 0 Å². The van der Waals surface area contributed by atoms with E-state index in [1.807, 2.05) is 0 Å². The Kier molecular flexibility index (Phi) is 51.3. The quantitative estimate of drug-likeness (QED) is 0.0262. The molecular formula is C58H106O6. The first kappa shape index (κ1) is 61.6. The summed E-state index contributed by atoms with van der Waals surface area (Å²) in [6.07, 6.45) is 62.7. The van der Waals surface area contributed by atoms with Crippen LogP contribution in [-0.4, -0.2) is 37.2 Å². The molecule has 0 bridgehead atoms. The highest BCUT2D eigenvalue weighted by Gasteiger charge is 2.19. The summed E-state index contributed by atoms with van der Waals surface area (Å²) < 4.78 is 16.8. The molecule has 0 saturated carbocycles. The zero-order valence-corrected chi connectivity index (χ0v) is 42.8.